The number of nitrogens with one attached hydrogen (secondary N) is 1. The number of ether oxygens (including phenoxy) is 4. The van der Waals surface area contributed by atoms with E-state index in [4.69, 9.17) is 18.9 Å². The maximum absolute atomic E-state index is 12.0. The largest absolute Gasteiger partial charge is 0.497 e. The molecule has 0 saturated carbocycles. The van der Waals surface area contributed by atoms with E-state index in [1.807, 2.05) is 0 Å². The quantitative estimate of drug-likeness (QED) is 0.653. The number of fused-ring (bicyclic) bond motifs is 2. The fraction of sp³-hybridized carbons (Fsp3) is 0.211. The average molecular weight is 383 g/mol. The second-order valence-electron chi connectivity index (χ2n) is 5.92. The SMILES string of the molecule is COc1ccc(OCC(=O)N=Nc2c(O)[nH]c3cc4c(cc23)OCCO4)cc1. The Hall–Kier alpha value is -3.75. The molecular weight excluding hydrogens is 366 g/mol. The molecule has 1 aromatic heterocycles. The number of H-pyrrole nitrogens is 1. The molecule has 0 aliphatic carbocycles. The molecule has 0 atom stereocenters. The van der Waals surface area contributed by atoms with Gasteiger partial charge in [-0.05, 0) is 30.3 Å². The summed E-state index contributed by atoms with van der Waals surface area (Å²) in [5.41, 5.74) is 0.738. The molecular formula is C19H17N3O6. The lowest BCUT2D eigenvalue weighted by Gasteiger charge is -2.17. The summed E-state index contributed by atoms with van der Waals surface area (Å²) in [6, 6.07) is 10.2. The van der Waals surface area contributed by atoms with Crippen LogP contribution in [0.25, 0.3) is 10.9 Å². The molecule has 144 valence electrons. The highest BCUT2D eigenvalue weighted by Crippen LogP contribution is 2.42. The second kappa shape index (κ2) is 7.47. The Kier molecular flexibility index (Phi) is 4.71. The third-order valence-electron chi connectivity index (χ3n) is 4.10. The summed E-state index contributed by atoms with van der Waals surface area (Å²) in [5, 5.41) is 18.2. The fourth-order valence-corrected chi connectivity index (χ4v) is 2.76. The third kappa shape index (κ3) is 3.54. The molecule has 2 heterocycles. The number of amides is 1. The van der Waals surface area contributed by atoms with Crippen molar-refractivity contribution in [2.75, 3.05) is 26.9 Å². The number of benzene rings is 2. The van der Waals surface area contributed by atoms with Gasteiger partial charge in [-0.15, -0.1) is 10.2 Å². The number of rotatable bonds is 5. The van der Waals surface area contributed by atoms with Crippen LogP contribution in [-0.4, -0.2) is 42.9 Å². The first-order valence-electron chi connectivity index (χ1n) is 8.50. The lowest BCUT2D eigenvalue weighted by molar-refractivity contribution is -0.120. The number of hydrogen-bond acceptors (Lipinski definition) is 7. The monoisotopic (exact) mass is 383 g/mol. The van der Waals surface area contributed by atoms with E-state index in [9.17, 15) is 9.90 Å². The van der Waals surface area contributed by atoms with E-state index >= 15 is 0 Å². The van der Waals surface area contributed by atoms with Crippen molar-refractivity contribution >= 4 is 22.5 Å². The maximum atomic E-state index is 12.0. The van der Waals surface area contributed by atoms with E-state index in [-0.39, 0.29) is 18.2 Å². The molecule has 0 spiro atoms. The first kappa shape index (κ1) is 17.7. The summed E-state index contributed by atoms with van der Waals surface area (Å²) in [7, 11) is 1.56. The van der Waals surface area contributed by atoms with Gasteiger partial charge in [0, 0.05) is 11.5 Å². The van der Waals surface area contributed by atoms with Crippen LogP contribution in [0.1, 0.15) is 0 Å². The van der Waals surface area contributed by atoms with Gasteiger partial charge in [0.25, 0.3) is 0 Å². The van der Waals surface area contributed by atoms with Crippen LogP contribution in [0.15, 0.2) is 46.6 Å². The van der Waals surface area contributed by atoms with Gasteiger partial charge in [0.1, 0.15) is 24.7 Å². The number of aromatic hydroxyl groups is 1. The average Bonchev–Trinajstić information content (AvgIpc) is 3.03. The predicted molar refractivity (Wildman–Crippen MR) is 99.0 cm³/mol. The maximum Gasteiger partial charge on any atom is 0.302 e. The van der Waals surface area contributed by atoms with Gasteiger partial charge in [0.15, 0.2) is 23.8 Å². The molecule has 0 bridgehead atoms. The summed E-state index contributed by atoms with van der Waals surface area (Å²) in [6.07, 6.45) is 0. The predicted octanol–water partition coefficient (Wildman–Crippen LogP) is 3.34. The highest BCUT2D eigenvalue weighted by molar-refractivity contribution is 5.96. The van der Waals surface area contributed by atoms with Gasteiger partial charge in [0.2, 0.25) is 5.88 Å². The summed E-state index contributed by atoms with van der Waals surface area (Å²) in [6.45, 7) is 0.610. The van der Waals surface area contributed by atoms with Crippen LogP contribution < -0.4 is 18.9 Å². The zero-order valence-electron chi connectivity index (χ0n) is 15.0. The number of carbonyl (C=O) groups is 1. The van der Waals surface area contributed by atoms with Crippen LogP contribution in [0.2, 0.25) is 0 Å². The van der Waals surface area contributed by atoms with Crippen molar-refractivity contribution in [3.05, 3.63) is 36.4 Å². The Bertz CT molecular complexity index is 1040. The molecule has 2 N–H and O–H groups in total. The number of methoxy groups -OCH3 is 1. The lowest BCUT2D eigenvalue weighted by atomic mass is 10.2. The molecule has 2 aromatic carbocycles. The standard InChI is InChI=1S/C19H17N3O6/c1-25-11-2-4-12(5-3-11)28-10-17(23)21-22-18-13-8-15-16(27-7-6-26-15)9-14(13)20-19(18)24/h2-5,8-9,20,24H,6-7,10H2,1H3. The topological polar surface area (TPSA) is 115 Å². The number of aromatic nitrogens is 1. The number of carbonyl (C=O) groups excluding carboxylic acids is 1. The van der Waals surface area contributed by atoms with Crippen LogP contribution >= 0.6 is 0 Å². The minimum absolute atomic E-state index is 0.143. The summed E-state index contributed by atoms with van der Waals surface area (Å²) in [5.74, 6) is 1.51. The van der Waals surface area contributed by atoms with Crippen molar-refractivity contribution in [3.63, 3.8) is 0 Å². The second-order valence-corrected chi connectivity index (χ2v) is 5.92. The van der Waals surface area contributed by atoms with Crippen molar-refractivity contribution < 1.29 is 28.8 Å². The van der Waals surface area contributed by atoms with Gasteiger partial charge in [-0.2, -0.15) is 0 Å². The van der Waals surface area contributed by atoms with Crippen LogP contribution in [-0.2, 0) is 4.79 Å². The van der Waals surface area contributed by atoms with Crippen LogP contribution in [0, 0.1) is 0 Å². The van der Waals surface area contributed by atoms with Gasteiger partial charge in [-0.25, -0.2) is 0 Å². The van der Waals surface area contributed by atoms with Crippen molar-refractivity contribution in [2.24, 2.45) is 10.2 Å². The van der Waals surface area contributed by atoms with Crippen molar-refractivity contribution in [3.8, 4) is 28.9 Å². The Morgan fingerprint density at radius 3 is 2.54 bits per heavy atom. The Balaban J connectivity index is 1.48. The minimum Gasteiger partial charge on any atom is -0.497 e. The molecule has 0 fully saturated rings. The van der Waals surface area contributed by atoms with Crippen LogP contribution in [0.5, 0.6) is 28.9 Å². The smallest absolute Gasteiger partial charge is 0.302 e. The van der Waals surface area contributed by atoms with Crippen molar-refractivity contribution in [2.45, 2.75) is 0 Å². The summed E-state index contributed by atoms with van der Waals surface area (Å²) in [4.78, 5) is 14.7. The van der Waals surface area contributed by atoms with Crippen LogP contribution in [0.3, 0.4) is 0 Å². The first-order chi connectivity index (χ1) is 13.6. The van der Waals surface area contributed by atoms with Crippen molar-refractivity contribution in [1.29, 1.82) is 0 Å². The van der Waals surface area contributed by atoms with E-state index in [1.54, 1.807) is 43.5 Å². The summed E-state index contributed by atoms with van der Waals surface area (Å²) >= 11 is 0. The van der Waals surface area contributed by atoms with Crippen LogP contribution in [0.4, 0.5) is 5.69 Å². The molecule has 9 heteroatoms. The molecule has 0 saturated heterocycles. The van der Waals surface area contributed by atoms with Gasteiger partial charge < -0.3 is 29.0 Å². The molecule has 4 rings (SSSR count). The van der Waals surface area contributed by atoms with E-state index in [1.165, 1.54) is 0 Å². The molecule has 9 nitrogen and oxygen atoms in total. The summed E-state index contributed by atoms with van der Waals surface area (Å²) < 4.78 is 21.5. The Morgan fingerprint density at radius 2 is 1.82 bits per heavy atom. The molecule has 1 aliphatic heterocycles. The Labute approximate surface area is 159 Å². The zero-order valence-corrected chi connectivity index (χ0v) is 15.0. The number of nitrogens with zero attached hydrogens (tertiary/aromatic N) is 2. The molecule has 0 unspecified atom stereocenters. The minimum atomic E-state index is -0.595. The molecule has 0 radical (unpaired) electrons. The number of azo groups is 1. The van der Waals surface area contributed by atoms with Gasteiger partial charge in [-0.1, -0.05) is 0 Å². The van der Waals surface area contributed by atoms with Gasteiger partial charge in [0.05, 0.1) is 12.6 Å². The fourth-order valence-electron chi connectivity index (χ4n) is 2.76. The highest BCUT2D eigenvalue weighted by Gasteiger charge is 2.18. The molecule has 3 aromatic rings. The molecule has 1 amide bonds. The number of hydrogen-bond donors (Lipinski definition) is 2. The molecule has 1 aliphatic rings. The normalized spacial score (nSPS) is 13.0. The number of aromatic amines is 1. The lowest BCUT2D eigenvalue weighted by Crippen LogP contribution is -2.15. The Morgan fingerprint density at radius 1 is 1.14 bits per heavy atom. The highest BCUT2D eigenvalue weighted by atomic mass is 16.6. The first-order valence-corrected chi connectivity index (χ1v) is 8.50. The van der Waals surface area contributed by atoms with Gasteiger partial charge in [-0.3, -0.25) is 4.79 Å². The zero-order chi connectivity index (χ0) is 19.5. The van der Waals surface area contributed by atoms with E-state index in [0.717, 1.165) is 0 Å². The van der Waals surface area contributed by atoms with Crippen molar-refractivity contribution in [1.82, 2.24) is 4.98 Å². The third-order valence-corrected chi connectivity index (χ3v) is 4.10. The van der Waals surface area contributed by atoms with E-state index in [0.29, 0.717) is 47.1 Å². The van der Waals surface area contributed by atoms with Gasteiger partial charge >= 0.3 is 5.91 Å². The van der Waals surface area contributed by atoms with E-state index in [2.05, 4.69) is 15.2 Å². The molecule has 28 heavy (non-hydrogen) atoms. The van der Waals surface area contributed by atoms with E-state index < -0.39 is 5.91 Å².